The summed E-state index contributed by atoms with van der Waals surface area (Å²) in [6.07, 6.45) is 3.26. The monoisotopic (exact) mass is 312 g/mol. The van der Waals surface area contributed by atoms with Crippen molar-refractivity contribution in [2.45, 2.75) is 6.04 Å². The van der Waals surface area contributed by atoms with E-state index in [0.717, 1.165) is 17.6 Å². The van der Waals surface area contributed by atoms with Gasteiger partial charge in [0.2, 0.25) is 0 Å². The minimum atomic E-state index is 0.00681. The predicted molar refractivity (Wildman–Crippen MR) is 73.3 cm³/mol. The fourth-order valence-electron chi connectivity index (χ4n) is 2.17. The molecule has 1 unspecified atom stereocenters. The Hall–Kier alpha value is -0.980. The maximum Gasteiger partial charge on any atom is 0.255 e. The number of carbonyl (C=O) groups excluding carboxylic acids is 1. The average Bonchev–Trinajstić information content (AvgIpc) is 2.37. The van der Waals surface area contributed by atoms with E-state index < -0.39 is 0 Å². The number of hydrogen-bond donors (Lipinski definition) is 1. The summed E-state index contributed by atoms with van der Waals surface area (Å²) >= 11 is 3.33. The van der Waals surface area contributed by atoms with Crippen LogP contribution in [0.2, 0.25) is 0 Å². The number of carbonyl (C=O) groups is 1. The van der Waals surface area contributed by atoms with Crippen LogP contribution in [0.15, 0.2) is 22.9 Å². The molecule has 98 valence electrons. The van der Waals surface area contributed by atoms with Crippen LogP contribution in [0.5, 0.6) is 0 Å². The topological polar surface area (TPSA) is 62.5 Å². The van der Waals surface area contributed by atoms with Crippen molar-refractivity contribution in [2.24, 2.45) is 5.73 Å². The Kier molecular flexibility index (Phi) is 4.31. The van der Waals surface area contributed by atoms with Crippen molar-refractivity contribution in [3.8, 4) is 0 Å². The highest BCUT2D eigenvalue weighted by molar-refractivity contribution is 9.10. The molecule has 2 heterocycles. The summed E-state index contributed by atoms with van der Waals surface area (Å²) in [6, 6.07) is 1.87. The van der Waals surface area contributed by atoms with Crippen LogP contribution in [0.25, 0.3) is 0 Å². The Bertz CT molecular complexity index is 440. The van der Waals surface area contributed by atoms with Crippen LogP contribution in [0, 0.1) is 0 Å². The lowest BCUT2D eigenvalue weighted by Crippen LogP contribution is -2.56. The zero-order chi connectivity index (χ0) is 13.1. The molecule has 0 spiro atoms. The first kappa shape index (κ1) is 13.5. The van der Waals surface area contributed by atoms with Gasteiger partial charge in [-0.25, -0.2) is 0 Å². The normalized spacial score (nSPS) is 21.1. The van der Waals surface area contributed by atoms with Crippen molar-refractivity contribution in [1.82, 2.24) is 14.8 Å². The lowest BCUT2D eigenvalue weighted by Gasteiger charge is -2.39. The van der Waals surface area contributed by atoms with E-state index in [1.807, 2.05) is 11.9 Å². The Morgan fingerprint density at radius 2 is 2.33 bits per heavy atom. The molecule has 0 radical (unpaired) electrons. The number of aromatic nitrogens is 1. The Morgan fingerprint density at radius 3 is 3.00 bits per heavy atom. The maximum absolute atomic E-state index is 12.4. The number of pyridine rings is 1. The molecule has 0 saturated carbocycles. The van der Waals surface area contributed by atoms with Crippen molar-refractivity contribution < 1.29 is 4.79 Å². The zero-order valence-electron chi connectivity index (χ0n) is 10.3. The maximum atomic E-state index is 12.4. The molecule has 1 aromatic rings. The molecular formula is C12H17BrN4O. The van der Waals surface area contributed by atoms with Crippen molar-refractivity contribution in [2.75, 3.05) is 33.2 Å². The second-order valence-corrected chi connectivity index (χ2v) is 5.46. The minimum absolute atomic E-state index is 0.00681. The molecule has 1 aliphatic rings. The van der Waals surface area contributed by atoms with Crippen molar-refractivity contribution >= 4 is 21.8 Å². The fourth-order valence-corrected chi connectivity index (χ4v) is 2.54. The van der Waals surface area contributed by atoms with Crippen molar-refractivity contribution in [1.29, 1.82) is 0 Å². The highest BCUT2D eigenvalue weighted by Crippen LogP contribution is 2.15. The number of amides is 1. The molecule has 5 nitrogen and oxygen atoms in total. The molecule has 0 aromatic carbocycles. The van der Waals surface area contributed by atoms with Crippen LogP contribution in [0.4, 0.5) is 0 Å². The van der Waals surface area contributed by atoms with E-state index in [-0.39, 0.29) is 11.9 Å². The SMILES string of the molecule is CN1CCN(C(=O)c2cncc(Br)c2)C(CN)C1. The standard InChI is InChI=1S/C12H17BrN4O/c1-16-2-3-17(11(5-14)8-16)12(18)9-4-10(13)7-15-6-9/h4,6-7,11H,2-3,5,8,14H2,1H3. The number of rotatable bonds is 2. The summed E-state index contributed by atoms with van der Waals surface area (Å²) in [5.41, 5.74) is 6.36. The van der Waals surface area contributed by atoms with Gasteiger partial charge < -0.3 is 15.5 Å². The molecule has 6 heteroatoms. The van der Waals surface area contributed by atoms with Gasteiger partial charge in [0.15, 0.2) is 0 Å². The number of piperazine rings is 1. The van der Waals surface area contributed by atoms with Crippen molar-refractivity contribution in [3.63, 3.8) is 0 Å². The summed E-state index contributed by atoms with van der Waals surface area (Å²) < 4.78 is 0.812. The highest BCUT2D eigenvalue weighted by Gasteiger charge is 2.28. The molecule has 0 aliphatic carbocycles. The van der Waals surface area contributed by atoms with Crippen LogP contribution >= 0.6 is 15.9 Å². The van der Waals surface area contributed by atoms with E-state index >= 15 is 0 Å². The molecule has 2 N–H and O–H groups in total. The van der Waals surface area contributed by atoms with Crippen LogP contribution < -0.4 is 5.73 Å². The zero-order valence-corrected chi connectivity index (χ0v) is 11.9. The van der Waals surface area contributed by atoms with Gasteiger partial charge in [-0.3, -0.25) is 9.78 Å². The van der Waals surface area contributed by atoms with Gasteiger partial charge >= 0.3 is 0 Å². The molecule has 0 bridgehead atoms. The summed E-state index contributed by atoms with van der Waals surface area (Å²) in [7, 11) is 2.05. The van der Waals surface area contributed by atoms with E-state index in [9.17, 15) is 4.79 Å². The van der Waals surface area contributed by atoms with Gasteiger partial charge in [0, 0.05) is 43.0 Å². The van der Waals surface area contributed by atoms with E-state index in [4.69, 9.17) is 5.73 Å². The fraction of sp³-hybridized carbons (Fsp3) is 0.500. The third-order valence-corrected chi connectivity index (χ3v) is 3.60. The smallest absolute Gasteiger partial charge is 0.255 e. The lowest BCUT2D eigenvalue weighted by atomic mass is 10.1. The molecule has 1 saturated heterocycles. The second kappa shape index (κ2) is 5.77. The first-order valence-corrected chi connectivity index (χ1v) is 6.71. The predicted octanol–water partition coefficient (Wildman–Crippen LogP) is 0.559. The summed E-state index contributed by atoms with van der Waals surface area (Å²) in [5.74, 6) is 0.00681. The molecule has 18 heavy (non-hydrogen) atoms. The van der Waals surface area contributed by atoms with Gasteiger partial charge in [0.05, 0.1) is 11.6 Å². The molecule has 2 rings (SSSR count). The van der Waals surface area contributed by atoms with Gasteiger partial charge in [-0.2, -0.15) is 0 Å². The Morgan fingerprint density at radius 1 is 1.56 bits per heavy atom. The lowest BCUT2D eigenvalue weighted by molar-refractivity contribution is 0.0515. The van der Waals surface area contributed by atoms with Crippen molar-refractivity contribution in [3.05, 3.63) is 28.5 Å². The molecule has 1 fully saturated rings. The average molecular weight is 313 g/mol. The highest BCUT2D eigenvalue weighted by atomic mass is 79.9. The second-order valence-electron chi connectivity index (χ2n) is 4.54. The molecule has 1 aromatic heterocycles. The number of likely N-dealkylation sites (N-methyl/N-ethyl adjacent to an activating group) is 1. The summed E-state index contributed by atoms with van der Waals surface area (Å²) in [5, 5.41) is 0. The van der Waals surface area contributed by atoms with E-state index in [2.05, 4.69) is 25.8 Å². The Labute approximate surface area is 115 Å². The number of nitrogens with zero attached hydrogens (tertiary/aromatic N) is 3. The first-order valence-electron chi connectivity index (χ1n) is 5.92. The number of halogens is 1. The van der Waals surface area contributed by atoms with E-state index in [1.54, 1.807) is 18.5 Å². The molecule has 1 aliphatic heterocycles. The van der Waals surface area contributed by atoms with Crippen LogP contribution in [0.3, 0.4) is 0 Å². The van der Waals surface area contributed by atoms with Gasteiger partial charge in [0.1, 0.15) is 0 Å². The summed E-state index contributed by atoms with van der Waals surface area (Å²) in [4.78, 5) is 20.5. The Balaban J connectivity index is 2.17. The number of hydrogen-bond acceptors (Lipinski definition) is 4. The third kappa shape index (κ3) is 2.88. The largest absolute Gasteiger partial charge is 0.332 e. The van der Waals surface area contributed by atoms with Gasteiger partial charge in [-0.1, -0.05) is 0 Å². The van der Waals surface area contributed by atoms with E-state index in [0.29, 0.717) is 18.7 Å². The molecule has 1 amide bonds. The van der Waals surface area contributed by atoms with Crippen LogP contribution in [-0.2, 0) is 0 Å². The summed E-state index contributed by atoms with van der Waals surface area (Å²) in [6.45, 7) is 2.90. The van der Waals surface area contributed by atoms with Gasteiger partial charge in [0.25, 0.3) is 5.91 Å². The minimum Gasteiger partial charge on any atom is -0.332 e. The number of nitrogens with two attached hydrogens (primary N) is 1. The molecule has 1 atom stereocenters. The van der Waals surface area contributed by atoms with Gasteiger partial charge in [-0.15, -0.1) is 0 Å². The van der Waals surface area contributed by atoms with Gasteiger partial charge in [-0.05, 0) is 29.0 Å². The third-order valence-electron chi connectivity index (χ3n) is 3.17. The quantitative estimate of drug-likeness (QED) is 0.867. The first-order chi connectivity index (χ1) is 8.61. The van der Waals surface area contributed by atoms with Crippen LogP contribution in [-0.4, -0.2) is 60.0 Å². The van der Waals surface area contributed by atoms with Crippen LogP contribution in [0.1, 0.15) is 10.4 Å². The molecular weight excluding hydrogens is 296 g/mol. The van der Waals surface area contributed by atoms with E-state index in [1.165, 1.54) is 0 Å².